The molecule has 6 nitrogen and oxygen atoms in total. The molecule has 1 aromatic heterocycles. The number of carbonyl (C=O) groups excluding carboxylic acids is 2. The number of nitrogens with one attached hydrogen (secondary N) is 2. The van der Waals surface area contributed by atoms with Gasteiger partial charge < -0.3 is 15.5 Å². The molecule has 1 saturated heterocycles. The van der Waals surface area contributed by atoms with Gasteiger partial charge in [0.15, 0.2) is 0 Å². The van der Waals surface area contributed by atoms with Crippen molar-refractivity contribution in [1.82, 2.24) is 15.6 Å². The topological polar surface area (TPSA) is 74.3 Å². The first kappa shape index (κ1) is 20.8. The molecule has 1 fully saturated rings. The lowest BCUT2D eigenvalue weighted by Gasteiger charge is -2.35. The Morgan fingerprint density at radius 3 is 2.48 bits per heavy atom. The van der Waals surface area contributed by atoms with Crippen LogP contribution in [0.2, 0.25) is 0 Å². The molecule has 0 bridgehead atoms. The summed E-state index contributed by atoms with van der Waals surface area (Å²) in [6.07, 6.45) is 5.79. The lowest BCUT2D eigenvalue weighted by atomic mass is 10.0. The van der Waals surface area contributed by atoms with Gasteiger partial charge in [-0.25, -0.2) is 0 Å². The Morgan fingerprint density at radius 2 is 1.79 bits per heavy atom. The van der Waals surface area contributed by atoms with Crippen molar-refractivity contribution in [3.8, 4) is 0 Å². The predicted octanol–water partition coefficient (Wildman–Crippen LogP) is 3.14. The minimum atomic E-state index is -0.0789. The summed E-state index contributed by atoms with van der Waals surface area (Å²) in [5, 5.41) is 6.15. The first-order valence-electron chi connectivity index (χ1n) is 10.3. The van der Waals surface area contributed by atoms with Gasteiger partial charge >= 0.3 is 0 Å². The molecule has 0 unspecified atom stereocenters. The van der Waals surface area contributed by atoms with Gasteiger partial charge in [0.1, 0.15) is 0 Å². The Morgan fingerprint density at radius 1 is 1.10 bits per heavy atom. The lowest BCUT2D eigenvalue weighted by molar-refractivity contribution is -0.122. The number of rotatable bonds is 7. The maximum absolute atomic E-state index is 12.8. The zero-order valence-corrected chi connectivity index (χ0v) is 17.2. The fourth-order valence-corrected chi connectivity index (χ4v) is 3.64. The minimum Gasteiger partial charge on any atom is -0.371 e. The van der Waals surface area contributed by atoms with Crippen molar-refractivity contribution in [2.24, 2.45) is 5.92 Å². The Balaban J connectivity index is 1.58. The second kappa shape index (κ2) is 10.0. The average molecular weight is 395 g/mol. The Kier molecular flexibility index (Phi) is 7.22. The van der Waals surface area contributed by atoms with Crippen LogP contribution < -0.4 is 15.5 Å². The van der Waals surface area contributed by atoms with Gasteiger partial charge in [-0.15, -0.1) is 0 Å². The fraction of sp³-hybridized carbons (Fsp3) is 0.435. The maximum Gasteiger partial charge on any atom is 0.253 e. The number of benzene rings is 1. The third-order valence-electron chi connectivity index (χ3n) is 5.15. The van der Waals surface area contributed by atoms with Crippen molar-refractivity contribution < 1.29 is 9.59 Å². The van der Waals surface area contributed by atoms with Gasteiger partial charge in [-0.05, 0) is 48.6 Å². The van der Waals surface area contributed by atoms with E-state index in [4.69, 9.17) is 0 Å². The van der Waals surface area contributed by atoms with Crippen LogP contribution in [-0.2, 0) is 11.3 Å². The zero-order chi connectivity index (χ0) is 20.6. The van der Waals surface area contributed by atoms with Crippen molar-refractivity contribution in [1.29, 1.82) is 0 Å². The van der Waals surface area contributed by atoms with E-state index in [1.54, 1.807) is 12.4 Å². The van der Waals surface area contributed by atoms with E-state index in [-0.39, 0.29) is 17.9 Å². The summed E-state index contributed by atoms with van der Waals surface area (Å²) >= 11 is 0. The van der Waals surface area contributed by atoms with Crippen molar-refractivity contribution >= 4 is 17.5 Å². The normalized spacial score (nSPS) is 14.7. The summed E-state index contributed by atoms with van der Waals surface area (Å²) in [6, 6.07) is 11.7. The highest BCUT2D eigenvalue weighted by Crippen LogP contribution is 2.24. The summed E-state index contributed by atoms with van der Waals surface area (Å²) in [7, 11) is 0. The van der Waals surface area contributed by atoms with Gasteiger partial charge in [0, 0.05) is 50.2 Å². The second-order valence-corrected chi connectivity index (χ2v) is 7.98. The Hall–Kier alpha value is -2.89. The molecule has 2 aromatic rings. The minimum absolute atomic E-state index is 0.0789. The SMILES string of the molecule is CC(C)CC(=O)NC1CCN(c2ccccc2C(=O)NCc2ccncc2)CC1. The molecular formula is C23H30N4O2. The van der Waals surface area contributed by atoms with Gasteiger partial charge in [-0.2, -0.15) is 0 Å². The van der Waals surface area contributed by atoms with Crippen molar-refractivity contribution in [2.75, 3.05) is 18.0 Å². The lowest BCUT2D eigenvalue weighted by Crippen LogP contribution is -2.45. The van der Waals surface area contributed by atoms with E-state index >= 15 is 0 Å². The number of amides is 2. The number of hydrogen-bond acceptors (Lipinski definition) is 4. The summed E-state index contributed by atoms with van der Waals surface area (Å²) in [5.41, 5.74) is 2.65. The summed E-state index contributed by atoms with van der Waals surface area (Å²) in [6.45, 7) is 6.22. The molecule has 0 radical (unpaired) electrons. The predicted molar refractivity (Wildman–Crippen MR) is 115 cm³/mol. The number of aromatic nitrogens is 1. The molecule has 1 aromatic carbocycles. The molecular weight excluding hydrogens is 364 g/mol. The summed E-state index contributed by atoms with van der Waals surface area (Å²) < 4.78 is 0. The highest BCUT2D eigenvalue weighted by Gasteiger charge is 2.23. The van der Waals surface area contributed by atoms with Crippen LogP contribution in [0.4, 0.5) is 5.69 Å². The number of pyridine rings is 1. The molecule has 29 heavy (non-hydrogen) atoms. The van der Waals surface area contributed by atoms with Crippen molar-refractivity contribution in [3.05, 3.63) is 59.9 Å². The van der Waals surface area contributed by atoms with Gasteiger partial charge in [0.25, 0.3) is 5.91 Å². The van der Waals surface area contributed by atoms with Crippen LogP contribution in [0.5, 0.6) is 0 Å². The van der Waals surface area contributed by atoms with Crippen LogP contribution in [0, 0.1) is 5.92 Å². The van der Waals surface area contributed by atoms with Crippen LogP contribution in [0.3, 0.4) is 0 Å². The van der Waals surface area contributed by atoms with E-state index in [0.717, 1.165) is 37.2 Å². The number of para-hydroxylation sites is 1. The van der Waals surface area contributed by atoms with E-state index < -0.39 is 0 Å². The van der Waals surface area contributed by atoms with Crippen LogP contribution in [-0.4, -0.2) is 35.9 Å². The summed E-state index contributed by atoms with van der Waals surface area (Å²) in [5.74, 6) is 0.423. The molecule has 0 saturated carbocycles. The average Bonchev–Trinajstić information content (AvgIpc) is 2.73. The van der Waals surface area contributed by atoms with E-state index in [1.807, 2.05) is 36.4 Å². The third-order valence-corrected chi connectivity index (χ3v) is 5.15. The number of carbonyl (C=O) groups is 2. The van der Waals surface area contributed by atoms with Crippen LogP contribution in [0.25, 0.3) is 0 Å². The molecule has 2 N–H and O–H groups in total. The largest absolute Gasteiger partial charge is 0.371 e. The van der Waals surface area contributed by atoms with E-state index in [0.29, 0.717) is 24.4 Å². The quantitative estimate of drug-likeness (QED) is 0.757. The van der Waals surface area contributed by atoms with Gasteiger partial charge in [-0.1, -0.05) is 26.0 Å². The molecule has 1 aliphatic rings. The van der Waals surface area contributed by atoms with E-state index in [2.05, 4.69) is 34.4 Å². The smallest absolute Gasteiger partial charge is 0.253 e. The van der Waals surface area contributed by atoms with E-state index in [9.17, 15) is 9.59 Å². The number of anilines is 1. The molecule has 0 aliphatic carbocycles. The first-order valence-corrected chi connectivity index (χ1v) is 10.3. The monoisotopic (exact) mass is 394 g/mol. The molecule has 1 aliphatic heterocycles. The molecule has 2 heterocycles. The van der Waals surface area contributed by atoms with Gasteiger partial charge in [0.2, 0.25) is 5.91 Å². The maximum atomic E-state index is 12.8. The fourth-order valence-electron chi connectivity index (χ4n) is 3.64. The standard InChI is InChI=1S/C23H30N4O2/c1-17(2)15-22(28)26-19-9-13-27(14-10-19)21-6-4-3-5-20(21)23(29)25-16-18-7-11-24-12-8-18/h3-8,11-12,17,19H,9-10,13-16H2,1-2H3,(H,25,29)(H,26,28). The zero-order valence-electron chi connectivity index (χ0n) is 17.2. The Labute approximate surface area is 172 Å². The molecule has 6 heteroatoms. The van der Waals surface area contributed by atoms with E-state index in [1.165, 1.54) is 0 Å². The summed E-state index contributed by atoms with van der Waals surface area (Å²) in [4.78, 5) is 31.0. The molecule has 3 rings (SSSR count). The van der Waals surface area contributed by atoms with Crippen LogP contribution in [0.15, 0.2) is 48.8 Å². The second-order valence-electron chi connectivity index (χ2n) is 7.98. The number of nitrogens with zero attached hydrogens (tertiary/aromatic N) is 2. The number of piperidine rings is 1. The highest BCUT2D eigenvalue weighted by molar-refractivity contribution is 5.99. The molecule has 0 spiro atoms. The van der Waals surface area contributed by atoms with Crippen molar-refractivity contribution in [3.63, 3.8) is 0 Å². The molecule has 0 atom stereocenters. The highest BCUT2D eigenvalue weighted by atomic mass is 16.2. The van der Waals surface area contributed by atoms with Gasteiger partial charge in [0.05, 0.1) is 5.56 Å². The van der Waals surface area contributed by atoms with Crippen LogP contribution in [0.1, 0.15) is 49.0 Å². The van der Waals surface area contributed by atoms with Crippen molar-refractivity contribution in [2.45, 2.75) is 45.7 Å². The molecule has 2 amide bonds. The van der Waals surface area contributed by atoms with Crippen LogP contribution >= 0.6 is 0 Å². The number of hydrogen-bond donors (Lipinski definition) is 2. The third kappa shape index (κ3) is 6.04. The molecule has 154 valence electrons. The van der Waals surface area contributed by atoms with Gasteiger partial charge in [-0.3, -0.25) is 14.6 Å². The first-order chi connectivity index (χ1) is 14.0. The Bertz CT molecular complexity index is 815.